The number of aliphatic hydroxyl groups is 1. The van der Waals surface area contributed by atoms with Crippen LogP contribution in [0.1, 0.15) is 62.6 Å². The maximum Gasteiger partial charge on any atom is 0.214 e. The Morgan fingerprint density at radius 1 is 1.13 bits per heavy atom. The molecule has 1 aliphatic carbocycles. The van der Waals surface area contributed by atoms with Crippen LogP contribution in [0.3, 0.4) is 0 Å². The van der Waals surface area contributed by atoms with E-state index in [9.17, 15) is 22.3 Å². The van der Waals surface area contributed by atoms with E-state index in [1.54, 1.807) is 19.6 Å². The van der Waals surface area contributed by atoms with Crippen LogP contribution in [-0.2, 0) is 22.2 Å². The van der Waals surface area contributed by atoms with Crippen molar-refractivity contribution in [3.05, 3.63) is 47.5 Å². The van der Waals surface area contributed by atoms with Gasteiger partial charge >= 0.3 is 0 Å². The van der Waals surface area contributed by atoms with Gasteiger partial charge in [0.15, 0.2) is 0 Å². The van der Waals surface area contributed by atoms with Gasteiger partial charge in [-0.25, -0.2) is 17.2 Å². The van der Waals surface area contributed by atoms with Crippen molar-refractivity contribution in [1.82, 2.24) is 19.1 Å². The lowest BCUT2D eigenvalue weighted by Gasteiger charge is -2.37. The van der Waals surface area contributed by atoms with E-state index in [0.29, 0.717) is 25.7 Å². The van der Waals surface area contributed by atoms with E-state index in [4.69, 9.17) is 0 Å². The smallest absolute Gasteiger partial charge is 0.214 e. The summed E-state index contributed by atoms with van der Waals surface area (Å²) in [5, 5.41) is 18.6. The van der Waals surface area contributed by atoms with E-state index >= 15 is 0 Å². The Labute approximate surface area is 174 Å². The second kappa shape index (κ2) is 7.97. The molecule has 1 aliphatic heterocycles. The molecule has 1 saturated carbocycles. The van der Waals surface area contributed by atoms with E-state index < -0.39 is 27.3 Å². The SMILES string of the molecule is C[C@H]1CCCS(=O)(=O)N1Cc1cc(F)c([C@]2(O)CC[C@@H](n3cnnc3)CC2)cc1F. The average molecular weight is 441 g/mol. The van der Waals surface area contributed by atoms with E-state index in [2.05, 4.69) is 10.2 Å². The minimum absolute atomic E-state index is 0.0182. The maximum absolute atomic E-state index is 15.0. The van der Waals surface area contributed by atoms with Crippen molar-refractivity contribution in [2.75, 3.05) is 5.75 Å². The summed E-state index contributed by atoms with van der Waals surface area (Å²) >= 11 is 0. The highest BCUT2D eigenvalue weighted by Crippen LogP contribution is 2.42. The molecule has 1 aromatic carbocycles. The number of nitrogens with zero attached hydrogens (tertiary/aromatic N) is 4. The predicted octanol–water partition coefficient (Wildman–Crippen LogP) is 2.87. The molecule has 30 heavy (non-hydrogen) atoms. The van der Waals surface area contributed by atoms with Gasteiger partial charge in [0.2, 0.25) is 10.0 Å². The molecule has 2 aromatic rings. The van der Waals surface area contributed by atoms with Crippen LogP contribution in [0.2, 0.25) is 0 Å². The normalized spacial score (nSPS) is 29.7. The van der Waals surface area contributed by atoms with Crippen molar-refractivity contribution in [2.45, 2.75) is 69.7 Å². The Bertz CT molecular complexity index is 1010. The summed E-state index contributed by atoms with van der Waals surface area (Å²) in [6, 6.07) is 1.91. The lowest BCUT2D eigenvalue weighted by molar-refractivity contribution is -0.0155. The molecule has 2 aliphatic rings. The van der Waals surface area contributed by atoms with Gasteiger partial charge in [-0.3, -0.25) is 0 Å². The number of hydrogen-bond acceptors (Lipinski definition) is 5. The Kier molecular flexibility index (Phi) is 5.67. The zero-order valence-electron chi connectivity index (χ0n) is 16.8. The number of hydrogen-bond donors (Lipinski definition) is 1. The second-order valence-electron chi connectivity index (χ2n) is 8.45. The van der Waals surface area contributed by atoms with Crippen molar-refractivity contribution in [3.63, 3.8) is 0 Å². The van der Waals surface area contributed by atoms with Crippen molar-refractivity contribution in [3.8, 4) is 0 Å². The molecule has 4 rings (SSSR count). The van der Waals surface area contributed by atoms with Crippen molar-refractivity contribution in [1.29, 1.82) is 0 Å². The number of aromatic nitrogens is 3. The molecule has 0 bridgehead atoms. The van der Waals surface area contributed by atoms with Crippen molar-refractivity contribution in [2.24, 2.45) is 0 Å². The second-order valence-corrected chi connectivity index (χ2v) is 10.5. The van der Waals surface area contributed by atoms with Crippen LogP contribution in [0.15, 0.2) is 24.8 Å². The molecule has 2 fully saturated rings. The lowest BCUT2D eigenvalue weighted by Crippen LogP contribution is -2.43. The van der Waals surface area contributed by atoms with Gasteiger partial charge in [-0.1, -0.05) is 0 Å². The molecular weight excluding hydrogens is 414 g/mol. The standard InChI is InChI=1S/C20H26F2N4O3S/c1-14-3-2-8-30(28,29)26(14)11-15-9-19(22)17(10-18(15)21)20(27)6-4-16(5-7-20)25-12-23-24-13-25/h9-10,12-14,16,27H,2-8,11H2,1H3/t14-,16-,20+/m0/s1. The molecule has 7 nitrogen and oxygen atoms in total. The van der Waals surface area contributed by atoms with E-state index in [-0.39, 0.29) is 48.3 Å². The van der Waals surface area contributed by atoms with Gasteiger partial charge in [0.1, 0.15) is 24.3 Å². The van der Waals surface area contributed by atoms with Crippen LogP contribution in [0.25, 0.3) is 0 Å². The zero-order chi connectivity index (χ0) is 21.5. The van der Waals surface area contributed by atoms with E-state index in [1.807, 2.05) is 4.57 Å². The van der Waals surface area contributed by atoms with Crippen LogP contribution in [-0.4, -0.2) is 44.4 Å². The first-order chi connectivity index (χ1) is 14.2. The summed E-state index contributed by atoms with van der Waals surface area (Å²) in [6.45, 7) is 1.57. The minimum Gasteiger partial charge on any atom is -0.385 e. The zero-order valence-corrected chi connectivity index (χ0v) is 17.7. The number of rotatable bonds is 4. The first-order valence-corrected chi connectivity index (χ1v) is 11.8. The van der Waals surface area contributed by atoms with E-state index in [1.165, 1.54) is 4.31 Å². The molecule has 0 radical (unpaired) electrons. The fourth-order valence-corrected chi connectivity index (χ4v) is 6.38. The van der Waals surface area contributed by atoms with Crippen LogP contribution in [0.4, 0.5) is 8.78 Å². The van der Waals surface area contributed by atoms with Crippen LogP contribution in [0, 0.1) is 11.6 Å². The Hall–Kier alpha value is -1.91. The maximum atomic E-state index is 15.0. The summed E-state index contributed by atoms with van der Waals surface area (Å²) < 4.78 is 57.6. The van der Waals surface area contributed by atoms with Crippen LogP contribution >= 0.6 is 0 Å². The van der Waals surface area contributed by atoms with Gasteiger partial charge in [-0.05, 0) is 57.6 Å². The van der Waals surface area contributed by atoms with E-state index in [0.717, 1.165) is 12.1 Å². The topological polar surface area (TPSA) is 88.3 Å². The Morgan fingerprint density at radius 3 is 2.43 bits per heavy atom. The number of sulfonamides is 1. The molecule has 0 amide bonds. The quantitative estimate of drug-likeness (QED) is 0.790. The average Bonchev–Trinajstić information content (AvgIpc) is 3.22. The highest BCUT2D eigenvalue weighted by molar-refractivity contribution is 7.89. The monoisotopic (exact) mass is 440 g/mol. The highest BCUT2D eigenvalue weighted by atomic mass is 32.2. The first-order valence-electron chi connectivity index (χ1n) is 10.2. The molecular formula is C20H26F2N4O3S. The third-order valence-corrected chi connectivity index (χ3v) is 8.49. The first kappa shape index (κ1) is 21.3. The molecule has 1 saturated heterocycles. The third-order valence-electron chi connectivity index (χ3n) is 6.48. The van der Waals surface area contributed by atoms with Crippen molar-refractivity contribution < 1.29 is 22.3 Å². The highest BCUT2D eigenvalue weighted by Gasteiger charge is 2.38. The van der Waals surface area contributed by atoms with Gasteiger partial charge in [-0.15, -0.1) is 10.2 Å². The fourth-order valence-electron chi connectivity index (χ4n) is 4.63. The fraction of sp³-hybridized carbons (Fsp3) is 0.600. The number of benzene rings is 1. The molecule has 1 atom stereocenters. The summed E-state index contributed by atoms with van der Waals surface area (Å²) in [5.74, 6) is -1.39. The Balaban J connectivity index is 1.54. The molecule has 1 N–H and O–H groups in total. The van der Waals surface area contributed by atoms with Gasteiger partial charge < -0.3 is 9.67 Å². The van der Waals surface area contributed by atoms with Crippen LogP contribution in [0.5, 0.6) is 0 Å². The summed E-state index contributed by atoms with van der Waals surface area (Å²) in [4.78, 5) is 0. The summed E-state index contributed by atoms with van der Waals surface area (Å²) in [6.07, 6.45) is 6.21. The van der Waals surface area contributed by atoms with Gasteiger partial charge in [0.05, 0.1) is 11.4 Å². The van der Waals surface area contributed by atoms with Gasteiger partial charge in [0.25, 0.3) is 0 Å². The minimum atomic E-state index is -3.49. The van der Waals surface area contributed by atoms with Gasteiger partial charge in [0, 0.05) is 29.8 Å². The lowest BCUT2D eigenvalue weighted by atomic mass is 9.77. The Morgan fingerprint density at radius 2 is 1.80 bits per heavy atom. The molecule has 164 valence electrons. The predicted molar refractivity (Wildman–Crippen MR) is 106 cm³/mol. The molecule has 2 heterocycles. The summed E-state index contributed by atoms with van der Waals surface area (Å²) in [5.41, 5.74) is -1.55. The molecule has 0 unspecified atom stereocenters. The largest absolute Gasteiger partial charge is 0.385 e. The third kappa shape index (κ3) is 4.00. The molecule has 1 aromatic heterocycles. The van der Waals surface area contributed by atoms with Crippen LogP contribution < -0.4 is 0 Å². The molecule has 0 spiro atoms. The molecule has 10 heteroatoms. The van der Waals surface area contributed by atoms with Gasteiger partial charge in [-0.2, -0.15) is 4.31 Å². The summed E-state index contributed by atoms with van der Waals surface area (Å²) in [7, 11) is -3.49. The number of halogens is 2. The van der Waals surface area contributed by atoms with Crippen molar-refractivity contribution >= 4 is 10.0 Å².